The van der Waals surface area contributed by atoms with Crippen LogP contribution in [0.1, 0.15) is 38.2 Å². The molecule has 114 valence electrons. The lowest BCUT2D eigenvalue weighted by atomic mass is 10.1. The predicted octanol–water partition coefficient (Wildman–Crippen LogP) is 2.22. The lowest BCUT2D eigenvalue weighted by Gasteiger charge is -2.22. The minimum Gasteiger partial charge on any atom is -0.392 e. The van der Waals surface area contributed by atoms with Crippen LogP contribution in [0.4, 0.5) is 0 Å². The van der Waals surface area contributed by atoms with Crippen LogP contribution in [-0.4, -0.2) is 39.3 Å². The number of nitrogens with zero attached hydrogens (tertiary/aromatic N) is 2. The van der Waals surface area contributed by atoms with E-state index in [0.29, 0.717) is 0 Å². The van der Waals surface area contributed by atoms with Gasteiger partial charge in [-0.3, -0.25) is 0 Å². The normalized spacial score (nSPS) is 30.3. The highest BCUT2D eigenvalue weighted by Crippen LogP contribution is 2.43. The first kappa shape index (κ1) is 14.5. The molecule has 1 fully saturated rings. The van der Waals surface area contributed by atoms with E-state index in [2.05, 4.69) is 16.1 Å². The topological polar surface area (TPSA) is 56.5 Å². The van der Waals surface area contributed by atoms with Gasteiger partial charge in [-0.05, 0) is 38.8 Å². The Labute approximate surface area is 124 Å². The van der Waals surface area contributed by atoms with Crippen molar-refractivity contribution in [3.63, 3.8) is 0 Å². The first-order valence-electron chi connectivity index (χ1n) is 7.20. The molecule has 2 heterocycles. The van der Waals surface area contributed by atoms with E-state index in [1.54, 1.807) is 0 Å². The summed E-state index contributed by atoms with van der Waals surface area (Å²) in [7, 11) is 0. The van der Waals surface area contributed by atoms with Gasteiger partial charge in [0.2, 0.25) is 0 Å². The van der Waals surface area contributed by atoms with E-state index >= 15 is 0 Å². The molecular weight excluding hydrogens is 268 g/mol. The maximum Gasteiger partial charge on any atom is 0.164 e. The average Bonchev–Trinajstić information content (AvgIpc) is 3.00. The van der Waals surface area contributed by atoms with Crippen molar-refractivity contribution < 1.29 is 14.6 Å². The van der Waals surface area contributed by atoms with Crippen molar-refractivity contribution in [2.75, 3.05) is 6.61 Å². The monoisotopic (exact) mass is 290 g/mol. The van der Waals surface area contributed by atoms with Gasteiger partial charge < -0.3 is 19.1 Å². The fourth-order valence-electron chi connectivity index (χ4n) is 3.26. The summed E-state index contributed by atoms with van der Waals surface area (Å²) in [6.45, 7) is 11.7. The van der Waals surface area contributed by atoms with Gasteiger partial charge in [-0.15, -0.1) is 0 Å². The number of aliphatic hydroxyl groups is 1. The summed E-state index contributed by atoms with van der Waals surface area (Å²) in [6.07, 6.45) is 3.52. The SMILES string of the molecule is C=C(C)c1ncn(C2C=C(CO)C3OC(C)(C)OC32)c1C. The largest absolute Gasteiger partial charge is 0.392 e. The van der Waals surface area contributed by atoms with Crippen molar-refractivity contribution in [3.05, 3.63) is 35.9 Å². The summed E-state index contributed by atoms with van der Waals surface area (Å²) in [4.78, 5) is 4.44. The van der Waals surface area contributed by atoms with E-state index in [0.717, 1.165) is 22.5 Å². The molecule has 1 N–H and O–H groups in total. The average molecular weight is 290 g/mol. The standard InChI is InChI=1S/C16H22N2O3/c1-9(2)13-10(3)18(8-17-13)12-6-11(7-19)14-15(12)21-16(4,5)20-14/h6,8,12,14-15,19H,1,7H2,2-5H3. The zero-order chi connectivity index (χ0) is 15.4. The number of allylic oxidation sites excluding steroid dienone is 1. The molecule has 0 radical (unpaired) electrons. The molecule has 3 rings (SSSR count). The molecule has 0 bridgehead atoms. The fourth-order valence-corrected chi connectivity index (χ4v) is 3.26. The Balaban J connectivity index is 1.99. The molecule has 5 nitrogen and oxygen atoms in total. The predicted molar refractivity (Wildman–Crippen MR) is 79.7 cm³/mol. The quantitative estimate of drug-likeness (QED) is 0.867. The molecule has 0 amide bonds. The van der Waals surface area contributed by atoms with E-state index in [9.17, 15) is 5.11 Å². The molecule has 2 aliphatic rings. The second-order valence-corrected chi connectivity index (χ2v) is 6.28. The van der Waals surface area contributed by atoms with E-state index in [-0.39, 0.29) is 24.9 Å². The van der Waals surface area contributed by atoms with Crippen LogP contribution in [0.3, 0.4) is 0 Å². The molecule has 1 aromatic heterocycles. The van der Waals surface area contributed by atoms with Gasteiger partial charge in [0.05, 0.1) is 24.7 Å². The third-order valence-electron chi connectivity index (χ3n) is 4.17. The molecule has 3 atom stereocenters. The van der Waals surface area contributed by atoms with Crippen molar-refractivity contribution in [2.45, 2.75) is 51.7 Å². The van der Waals surface area contributed by atoms with Crippen molar-refractivity contribution in [3.8, 4) is 0 Å². The first-order chi connectivity index (χ1) is 9.84. The Bertz CT molecular complexity index is 615. The number of rotatable bonds is 3. The molecule has 0 spiro atoms. The minimum absolute atomic E-state index is 0.0143. The van der Waals surface area contributed by atoms with Gasteiger partial charge in [-0.25, -0.2) is 4.98 Å². The Morgan fingerprint density at radius 3 is 2.76 bits per heavy atom. The number of imidazole rings is 1. The Kier molecular flexibility index (Phi) is 3.31. The van der Waals surface area contributed by atoms with E-state index in [1.165, 1.54) is 0 Å². The summed E-state index contributed by atoms with van der Waals surface area (Å²) in [5, 5.41) is 9.57. The van der Waals surface area contributed by atoms with Gasteiger partial charge in [-0.2, -0.15) is 0 Å². The van der Waals surface area contributed by atoms with Crippen LogP contribution in [0.5, 0.6) is 0 Å². The number of hydrogen-bond donors (Lipinski definition) is 1. The van der Waals surface area contributed by atoms with Crippen LogP contribution in [0, 0.1) is 6.92 Å². The molecule has 0 saturated carbocycles. The highest BCUT2D eigenvalue weighted by atomic mass is 16.8. The molecular formula is C16H22N2O3. The third-order valence-corrected chi connectivity index (χ3v) is 4.17. The lowest BCUT2D eigenvalue weighted by Crippen LogP contribution is -2.28. The highest BCUT2D eigenvalue weighted by Gasteiger charge is 2.50. The van der Waals surface area contributed by atoms with Crippen molar-refractivity contribution in [2.24, 2.45) is 0 Å². The molecule has 3 unspecified atom stereocenters. The van der Waals surface area contributed by atoms with Crippen LogP contribution in [-0.2, 0) is 9.47 Å². The van der Waals surface area contributed by atoms with E-state index in [1.807, 2.05) is 40.1 Å². The van der Waals surface area contributed by atoms with E-state index < -0.39 is 5.79 Å². The van der Waals surface area contributed by atoms with Gasteiger partial charge in [0.1, 0.15) is 12.2 Å². The molecule has 1 aromatic rings. The number of ether oxygens (including phenoxy) is 2. The van der Waals surface area contributed by atoms with Gasteiger partial charge >= 0.3 is 0 Å². The van der Waals surface area contributed by atoms with Gasteiger partial charge in [0.25, 0.3) is 0 Å². The summed E-state index contributed by atoms with van der Waals surface area (Å²) < 4.78 is 14.0. The van der Waals surface area contributed by atoms with Crippen molar-refractivity contribution >= 4 is 5.57 Å². The minimum atomic E-state index is -0.631. The number of aromatic nitrogens is 2. The van der Waals surface area contributed by atoms with Gasteiger partial charge in [0, 0.05) is 5.69 Å². The zero-order valence-corrected chi connectivity index (χ0v) is 13.0. The van der Waals surface area contributed by atoms with Crippen molar-refractivity contribution in [1.82, 2.24) is 9.55 Å². The van der Waals surface area contributed by atoms with Crippen LogP contribution in [0.15, 0.2) is 24.6 Å². The number of aliphatic hydroxyl groups excluding tert-OH is 1. The van der Waals surface area contributed by atoms with Crippen LogP contribution in [0.25, 0.3) is 5.57 Å². The zero-order valence-electron chi connectivity index (χ0n) is 13.0. The van der Waals surface area contributed by atoms with Crippen LogP contribution < -0.4 is 0 Å². The lowest BCUT2D eigenvalue weighted by molar-refractivity contribution is -0.148. The molecule has 1 aliphatic heterocycles. The maximum atomic E-state index is 9.57. The molecule has 1 saturated heterocycles. The van der Waals surface area contributed by atoms with E-state index in [4.69, 9.17) is 9.47 Å². The highest BCUT2D eigenvalue weighted by molar-refractivity contribution is 5.59. The molecule has 5 heteroatoms. The van der Waals surface area contributed by atoms with Crippen LogP contribution >= 0.6 is 0 Å². The summed E-state index contributed by atoms with van der Waals surface area (Å²) >= 11 is 0. The second kappa shape index (κ2) is 4.80. The molecule has 1 aliphatic carbocycles. The summed E-state index contributed by atoms with van der Waals surface area (Å²) in [5.41, 5.74) is 3.78. The number of fused-ring (bicyclic) bond motifs is 1. The maximum absolute atomic E-state index is 9.57. The van der Waals surface area contributed by atoms with Crippen LogP contribution in [0.2, 0.25) is 0 Å². The number of hydrogen-bond acceptors (Lipinski definition) is 4. The smallest absolute Gasteiger partial charge is 0.164 e. The summed E-state index contributed by atoms with van der Waals surface area (Å²) in [5.74, 6) is -0.631. The third kappa shape index (κ3) is 2.25. The van der Waals surface area contributed by atoms with Crippen molar-refractivity contribution in [1.29, 1.82) is 0 Å². The van der Waals surface area contributed by atoms with Gasteiger partial charge in [-0.1, -0.05) is 12.7 Å². The molecule has 21 heavy (non-hydrogen) atoms. The Hall–Kier alpha value is -1.43. The Morgan fingerprint density at radius 1 is 1.48 bits per heavy atom. The second-order valence-electron chi connectivity index (χ2n) is 6.28. The Morgan fingerprint density at radius 2 is 2.19 bits per heavy atom. The fraction of sp³-hybridized carbons (Fsp3) is 0.562. The summed E-state index contributed by atoms with van der Waals surface area (Å²) in [6, 6.07) is -0.0143. The molecule has 0 aromatic carbocycles. The van der Waals surface area contributed by atoms with Gasteiger partial charge in [0.15, 0.2) is 5.79 Å². The first-order valence-corrected chi connectivity index (χ1v) is 7.20.